The van der Waals surface area contributed by atoms with Crippen molar-refractivity contribution in [3.8, 4) is 0 Å². The first-order valence-electron chi connectivity index (χ1n) is 9.86. The number of hydrogen-bond donors (Lipinski definition) is 3. The molecule has 1 aromatic carbocycles. The summed E-state index contributed by atoms with van der Waals surface area (Å²) < 4.78 is 11.0. The number of benzene rings is 1. The summed E-state index contributed by atoms with van der Waals surface area (Å²) in [5, 5.41) is 6.37. The molecule has 6 heteroatoms. The van der Waals surface area contributed by atoms with Gasteiger partial charge in [-0.05, 0) is 41.5 Å². The lowest BCUT2D eigenvalue weighted by molar-refractivity contribution is -0.114. The first-order chi connectivity index (χ1) is 12.6. The highest BCUT2D eigenvalue weighted by Crippen LogP contribution is 2.22. The molecule has 0 aromatic heterocycles. The van der Waals surface area contributed by atoms with E-state index in [0.29, 0.717) is 13.1 Å². The van der Waals surface area contributed by atoms with E-state index in [9.17, 15) is 9.36 Å². The standard InChI is InChI=1S/C20H31N2O3P/c1-2-3-4-5-6-7-8-16-9-11-17(12-10-16)15-22-18-13-14-21-19(18)20(23)26(24)25/h9-12,18-19,21-22H,2-8,13-15H2,1H3/p+1/t18?,19-/m1/s1. The van der Waals surface area contributed by atoms with E-state index in [1.165, 1.54) is 49.7 Å². The van der Waals surface area contributed by atoms with Crippen LogP contribution in [-0.2, 0) is 22.3 Å². The van der Waals surface area contributed by atoms with Crippen LogP contribution in [0.15, 0.2) is 24.3 Å². The van der Waals surface area contributed by atoms with Crippen molar-refractivity contribution in [2.24, 2.45) is 0 Å². The van der Waals surface area contributed by atoms with E-state index >= 15 is 0 Å². The fourth-order valence-corrected chi connectivity index (χ4v) is 3.99. The average molecular weight is 379 g/mol. The van der Waals surface area contributed by atoms with Crippen LogP contribution in [0.2, 0.25) is 0 Å². The Labute approximate surface area is 157 Å². The second-order valence-corrected chi connectivity index (χ2v) is 8.14. The Hall–Kier alpha value is -1.13. The van der Waals surface area contributed by atoms with Gasteiger partial charge in [0.1, 0.15) is 6.04 Å². The Balaban J connectivity index is 1.71. The highest BCUT2D eigenvalue weighted by molar-refractivity contribution is 7.58. The molecule has 0 radical (unpaired) electrons. The first-order valence-corrected chi connectivity index (χ1v) is 11.1. The quantitative estimate of drug-likeness (QED) is 0.381. The van der Waals surface area contributed by atoms with E-state index in [4.69, 9.17) is 4.89 Å². The zero-order valence-corrected chi connectivity index (χ0v) is 16.6. The normalized spacial score (nSPS) is 20.3. The Morgan fingerprint density at radius 1 is 1.15 bits per heavy atom. The maximum atomic E-state index is 11.8. The Kier molecular flexibility index (Phi) is 9.41. The molecule has 0 aliphatic carbocycles. The Bertz CT molecular complexity index is 577. The molecule has 5 nitrogen and oxygen atoms in total. The fraction of sp³-hybridized carbons (Fsp3) is 0.650. The van der Waals surface area contributed by atoms with Crippen LogP contribution < -0.4 is 10.6 Å². The van der Waals surface area contributed by atoms with Crippen molar-refractivity contribution in [2.75, 3.05) is 6.54 Å². The molecule has 26 heavy (non-hydrogen) atoms. The van der Waals surface area contributed by atoms with Crippen LogP contribution in [0.4, 0.5) is 0 Å². The number of nitrogens with one attached hydrogen (secondary N) is 2. The second-order valence-electron chi connectivity index (χ2n) is 7.15. The highest BCUT2D eigenvalue weighted by Gasteiger charge is 2.43. The predicted octanol–water partition coefficient (Wildman–Crippen LogP) is 3.67. The third-order valence-corrected chi connectivity index (χ3v) is 5.74. The van der Waals surface area contributed by atoms with Crippen LogP contribution in [-0.4, -0.2) is 29.0 Å². The molecule has 1 fully saturated rings. The summed E-state index contributed by atoms with van der Waals surface area (Å²) in [6.07, 6.45) is 9.80. The summed E-state index contributed by atoms with van der Waals surface area (Å²) in [5.74, 6) is 0. The monoisotopic (exact) mass is 379 g/mol. The minimum absolute atomic E-state index is 0.0867. The third kappa shape index (κ3) is 6.88. The zero-order valence-electron chi connectivity index (χ0n) is 15.7. The summed E-state index contributed by atoms with van der Waals surface area (Å²) in [6.45, 7) is 3.59. The second kappa shape index (κ2) is 11.6. The van der Waals surface area contributed by atoms with Gasteiger partial charge in [-0.15, -0.1) is 0 Å². The van der Waals surface area contributed by atoms with Crippen molar-refractivity contribution in [3.63, 3.8) is 0 Å². The summed E-state index contributed by atoms with van der Waals surface area (Å²) in [5.41, 5.74) is 1.93. The first kappa shape index (κ1) is 21.2. The molecule has 1 heterocycles. The smallest absolute Gasteiger partial charge is 0.308 e. The van der Waals surface area contributed by atoms with E-state index in [1.807, 2.05) is 0 Å². The van der Waals surface area contributed by atoms with E-state index in [-0.39, 0.29) is 6.04 Å². The van der Waals surface area contributed by atoms with Gasteiger partial charge in [0.25, 0.3) is 0 Å². The van der Waals surface area contributed by atoms with Gasteiger partial charge < -0.3 is 10.6 Å². The van der Waals surface area contributed by atoms with Gasteiger partial charge in [-0.3, -0.25) is 0 Å². The minimum Gasteiger partial charge on any atom is -0.308 e. The Morgan fingerprint density at radius 3 is 2.50 bits per heavy atom. The van der Waals surface area contributed by atoms with Gasteiger partial charge in [-0.25, -0.2) is 4.79 Å². The van der Waals surface area contributed by atoms with E-state index in [0.717, 1.165) is 12.8 Å². The highest BCUT2D eigenvalue weighted by atomic mass is 31.1. The number of rotatable bonds is 12. The molecule has 2 rings (SSSR count). The lowest BCUT2D eigenvalue weighted by Gasteiger charge is -2.16. The van der Waals surface area contributed by atoms with Gasteiger partial charge in [0.15, 0.2) is 0 Å². The lowest BCUT2D eigenvalue weighted by Crippen LogP contribution is -2.44. The van der Waals surface area contributed by atoms with Crippen molar-refractivity contribution >= 4 is 13.6 Å². The fourth-order valence-electron chi connectivity index (χ4n) is 3.48. The molecule has 1 aliphatic rings. The molecule has 0 bridgehead atoms. The maximum absolute atomic E-state index is 11.8. The molecule has 1 aliphatic heterocycles. The lowest BCUT2D eigenvalue weighted by atomic mass is 10.0. The molecule has 3 N–H and O–H groups in total. The number of hydrogen-bond acceptors (Lipinski definition) is 4. The van der Waals surface area contributed by atoms with Crippen LogP contribution in [0.5, 0.6) is 0 Å². The summed E-state index contributed by atoms with van der Waals surface area (Å²) in [6, 6.07) is 7.98. The number of unbranched alkanes of at least 4 members (excludes halogenated alkanes) is 5. The van der Waals surface area contributed by atoms with Gasteiger partial charge in [-0.1, -0.05) is 63.3 Å². The van der Waals surface area contributed by atoms with E-state index in [1.54, 1.807) is 0 Å². The maximum Gasteiger partial charge on any atom is 0.586 e. The van der Waals surface area contributed by atoms with Crippen molar-refractivity contribution in [2.45, 2.75) is 76.9 Å². The SMILES string of the molecule is CCCCCCCCc1ccc(CNC2CCN[C@H]2C(=O)[P+](=O)O)cc1. The number of carbonyl (C=O) groups is 1. The van der Waals surface area contributed by atoms with Gasteiger partial charge in [-0.2, -0.15) is 4.89 Å². The molecule has 2 unspecified atom stereocenters. The molecule has 3 atom stereocenters. The molecule has 1 aromatic rings. The largest absolute Gasteiger partial charge is 0.586 e. The molecule has 0 spiro atoms. The van der Waals surface area contributed by atoms with Gasteiger partial charge >= 0.3 is 13.6 Å². The summed E-state index contributed by atoms with van der Waals surface area (Å²) in [7, 11) is -2.77. The topological polar surface area (TPSA) is 78.4 Å². The van der Waals surface area contributed by atoms with E-state index < -0.39 is 19.6 Å². The van der Waals surface area contributed by atoms with Crippen molar-refractivity contribution < 1.29 is 14.3 Å². The van der Waals surface area contributed by atoms with Crippen molar-refractivity contribution in [1.29, 1.82) is 0 Å². The molecule has 144 valence electrons. The van der Waals surface area contributed by atoms with E-state index in [2.05, 4.69) is 41.8 Å². The van der Waals surface area contributed by atoms with Crippen LogP contribution in [0.3, 0.4) is 0 Å². The molecule has 0 amide bonds. The van der Waals surface area contributed by atoms with Crippen molar-refractivity contribution in [3.05, 3.63) is 35.4 Å². The summed E-state index contributed by atoms with van der Waals surface area (Å²) in [4.78, 5) is 20.8. The number of carbonyl (C=O) groups excluding carboxylic acids is 1. The third-order valence-electron chi connectivity index (χ3n) is 5.09. The average Bonchev–Trinajstić information content (AvgIpc) is 3.11. The van der Waals surface area contributed by atoms with Gasteiger partial charge in [0, 0.05) is 12.6 Å². The van der Waals surface area contributed by atoms with Gasteiger partial charge in [0.05, 0.1) is 0 Å². The summed E-state index contributed by atoms with van der Waals surface area (Å²) >= 11 is 0. The van der Waals surface area contributed by atoms with Crippen LogP contribution in [0.25, 0.3) is 0 Å². The van der Waals surface area contributed by atoms with Gasteiger partial charge in [0.2, 0.25) is 0 Å². The van der Waals surface area contributed by atoms with Crippen molar-refractivity contribution in [1.82, 2.24) is 10.6 Å². The number of aryl methyl sites for hydroxylation is 1. The Morgan fingerprint density at radius 2 is 1.81 bits per heavy atom. The minimum atomic E-state index is -2.77. The molecule has 1 saturated heterocycles. The van der Waals surface area contributed by atoms with Crippen LogP contribution >= 0.6 is 8.03 Å². The zero-order chi connectivity index (χ0) is 18.8. The van der Waals surface area contributed by atoms with Crippen LogP contribution in [0.1, 0.15) is 63.0 Å². The predicted molar refractivity (Wildman–Crippen MR) is 105 cm³/mol. The molecular weight excluding hydrogens is 347 g/mol. The molecular formula is C20H32N2O3P+. The van der Waals surface area contributed by atoms with Crippen LogP contribution in [0, 0.1) is 0 Å². The molecule has 0 saturated carbocycles.